The molecule has 0 amide bonds. The van der Waals surface area contributed by atoms with Gasteiger partial charge in [0.25, 0.3) is 0 Å². The van der Waals surface area contributed by atoms with Crippen LogP contribution < -0.4 is 11.2 Å². The molecule has 0 aliphatic carbocycles. The van der Waals surface area contributed by atoms with Crippen LogP contribution in [0.2, 0.25) is 0 Å². The fourth-order valence-corrected chi connectivity index (χ4v) is 1.10. The molecule has 0 atom stereocenters. The molecule has 0 spiro atoms. The molecule has 4 N–H and O–H groups in total. The lowest BCUT2D eigenvalue weighted by Gasteiger charge is -2.06. The molecule has 5 nitrogen and oxygen atoms in total. The van der Waals surface area contributed by atoms with Crippen LogP contribution in [0.3, 0.4) is 0 Å². The van der Waals surface area contributed by atoms with Gasteiger partial charge < -0.3 is 14.9 Å². The van der Waals surface area contributed by atoms with Gasteiger partial charge in [-0.1, -0.05) is 0 Å². The van der Waals surface area contributed by atoms with Crippen LogP contribution in [0.5, 0.6) is 0 Å². The Kier molecular flexibility index (Phi) is 4.59. The zero-order valence-corrected chi connectivity index (χ0v) is 8.62. The molecule has 0 aliphatic rings. The molecule has 0 aliphatic heterocycles. The van der Waals surface area contributed by atoms with Gasteiger partial charge in [0.1, 0.15) is 0 Å². The maximum Gasteiger partial charge on any atom is 0.237 e. The van der Waals surface area contributed by atoms with E-state index in [0.717, 1.165) is 12.2 Å². The van der Waals surface area contributed by atoms with Crippen molar-refractivity contribution in [1.82, 2.24) is 0 Å². The number of nitrogens with two attached hydrogens (primary N) is 1. The van der Waals surface area contributed by atoms with Crippen LogP contribution in [0.15, 0.2) is 24.3 Å². The highest BCUT2D eigenvalue weighted by Crippen LogP contribution is 2.09. The van der Waals surface area contributed by atoms with E-state index in [1.165, 1.54) is 0 Å². The minimum absolute atomic E-state index is 0.0431. The summed E-state index contributed by atoms with van der Waals surface area (Å²) in [5, 5.41) is 10.5. The number of ether oxygens (including phenoxy) is 1. The number of methoxy groups -OCH3 is 1. The standard InChI is InChI=1S/C10H15N3O2/c1-14-7-6-13-9-4-2-8(3-5-9)10(11)15-12/h2-5,11,13H,6-7,12H2,1H3. The maximum absolute atomic E-state index is 7.33. The van der Waals surface area contributed by atoms with Crippen LogP contribution >= 0.6 is 0 Å². The topological polar surface area (TPSA) is 80.4 Å². The van der Waals surface area contributed by atoms with Gasteiger partial charge >= 0.3 is 0 Å². The average Bonchev–Trinajstić information content (AvgIpc) is 2.29. The molecule has 0 aromatic heterocycles. The summed E-state index contributed by atoms with van der Waals surface area (Å²) in [5.41, 5.74) is 1.62. The lowest BCUT2D eigenvalue weighted by molar-refractivity contribution is 0.211. The molecule has 0 saturated heterocycles. The van der Waals surface area contributed by atoms with Crippen molar-refractivity contribution in [3.8, 4) is 0 Å². The number of anilines is 1. The molecule has 0 bridgehead atoms. The van der Waals surface area contributed by atoms with Crippen molar-refractivity contribution in [2.45, 2.75) is 0 Å². The van der Waals surface area contributed by atoms with Crippen LogP contribution in [0, 0.1) is 5.41 Å². The molecule has 1 aromatic carbocycles. The van der Waals surface area contributed by atoms with E-state index in [-0.39, 0.29) is 5.90 Å². The van der Waals surface area contributed by atoms with Gasteiger partial charge in [-0.3, -0.25) is 5.41 Å². The van der Waals surface area contributed by atoms with E-state index in [1.54, 1.807) is 19.2 Å². The highest BCUT2D eigenvalue weighted by molar-refractivity contribution is 5.91. The molecule has 0 heterocycles. The van der Waals surface area contributed by atoms with E-state index in [1.807, 2.05) is 12.1 Å². The van der Waals surface area contributed by atoms with Gasteiger partial charge in [0.05, 0.1) is 6.61 Å². The van der Waals surface area contributed by atoms with E-state index in [9.17, 15) is 0 Å². The van der Waals surface area contributed by atoms with Gasteiger partial charge in [0.2, 0.25) is 5.90 Å². The van der Waals surface area contributed by atoms with Crippen molar-refractivity contribution in [1.29, 1.82) is 5.41 Å². The second-order valence-corrected chi connectivity index (χ2v) is 2.94. The Balaban J connectivity index is 2.52. The molecule has 1 aromatic rings. The molecule has 0 unspecified atom stereocenters. The smallest absolute Gasteiger partial charge is 0.237 e. The monoisotopic (exact) mass is 209 g/mol. The summed E-state index contributed by atoms with van der Waals surface area (Å²) < 4.78 is 4.91. The molecular weight excluding hydrogens is 194 g/mol. The molecule has 1 rings (SSSR count). The van der Waals surface area contributed by atoms with E-state index in [0.29, 0.717) is 12.2 Å². The van der Waals surface area contributed by atoms with Crippen molar-refractivity contribution < 1.29 is 9.57 Å². The fraction of sp³-hybridized carbons (Fsp3) is 0.300. The molecule has 0 saturated carbocycles. The predicted molar refractivity (Wildman–Crippen MR) is 58.9 cm³/mol. The summed E-state index contributed by atoms with van der Waals surface area (Å²) >= 11 is 0. The third-order valence-corrected chi connectivity index (χ3v) is 1.90. The third kappa shape index (κ3) is 3.57. The Hall–Kier alpha value is -1.59. The van der Waals surface area contributed by atoms with E-state index < -0.39 is 0 Å². The van der Waals surface area contributed by atoms with Gasteiger partial charge in [-0.2, -0.15) is 5.90 Å². The van der Waals surface area contributed by atoms with Crippen molar-refractivity contribution >= 4 is 11.6 Å². The van der Waals surface area contributed by atoms with Crippen LogP contribution in [0.25, 0.3) is 0 Å². The minimum atomic E-state index is -0.0431. The van der Waals surface area contributed by atoms with Crippen molar-refractivity contribution in [2.75, 3.05) is 25.6 Å². The summed E-state index contributed by atoms with van der Waals surface area (Å²) in [7, 11) is 1.66. The second-order valence-electron chi connectivity index (χ2n) is 2.94. The van der Waals surface area contributed by atoms with E-state index in [2.05, 4.69) is 10.2 Å². The molecule has 15 heavy (non-hydrogen) atoms. The molecule has 0 radical (unpaired) electrons. The average molecular weight is 209 g/mol. The van der Waals surface area contributed by atoms with Crippen molar-refractivity contribution in [3.63, 3.8) is 0 Å². The Morgan fingerprint density at radius 2 is 2.07 bits per heavy atom. The molecule has 5 heteroatoms. The first kappa shape index (κ1) is 11.5. The number of nitrogens with one attached hydrogen (secondary N) is 2. The maximum atomic E-state index is 7.33. The van der Waals surface area contributed by atoms with Crippen molar-refractivity contribution in [2.24, 2.45) is 5.90 Å². The lowest BCUT2D eigenvalue weighted by atomic mass is 10.2. The van der Waals surface area contributed by atoms with Gasteiger partial charge in [-0.15, -0.1) is 0 Å². The molecule has 0 fully saturated rings. The summed E-state index contributed by atoms with van der Waals surface area (Å²) in [6.07, 6.45) is 0. The summed E-state index contributed by atoms with van der Waals surface area (Å²) in [6, 6.07) is 7.26. The van der Waals surface area contributed by atoms with E-state index >= 15 is 0 Å². The summed E-state index contributed by atoms with van der Waals surface area (Å²) in [4.78, 5) is 4.32. The Labute approximate surface area is 88.6 Å². The lowest BCUT2D eigenvalue weighted by Crippen LogP contribution is -2.10. The van der Waals surface area contributed by atoms with Crippen LogP contribution in [-0.2, 0) is 9.57 Å². The first-order valence-electron chi connectivity index (χ1n) is 4.56. The highest BCUT2D eigenvalue weighted by atomic mass is 16.6. The van der Waals surface area contributed by atoms with Gasteiger partial charge in [0, 0.05) is 24.9 Å². The van der Waals surface area contributed by atoms with Gasteiger partial charge in [0.15, 0.2) is 0 Å². The quantitative estimate of drug-likeness (QED) is 0.292. The van der Waals surface area contributed by atoms with Crippen LogP contribution in [0.4, 0.5) is 5.69 Å². The zero-order valence-electron chi connectivity index (χ0n) is 8.62. The minimum Gasteiger partial charge on any atom is -0.391 e. The third-order valence-electron chi connectivity index (χ3n) is 1.90. The predicted octanol–water partition coefficient (Wildman–Crippen LogP) is 0.961. The second kappa shape index (κ2) is 6.00. The largest absolute Gasteiger partial charge is 0.391 e. The number of rotatable bonds is 5. The first-order valence-corrected chi connectivity index (χ1v) is 4.56. The van der Waals surface area contributed by atoms with E-state index in [4.69, 9.17) is 16.0 Å². The van der Waals surface area contributed by atoms with Crippen LogP contribution in [-0.4, -0.2) is 26.2 Å². The number of hydrogen-bond donors (Lipinski definition) is 3. The fourth-order valence-electron chi connectivity index (χ4n) is 1.10. The Morgan fingerprint density at radius 3 is 2.60 bits per heavy atom. The van der Waals surface area contributed by atoms with Crippen LogP contribution in [0.1, 0.15) is 5.56 Å². The highest BCUT2D eigenvalue weighted by Gasteiger charge is 2.00. The zero-order chi connectivity index (χ0) is 11.1. The SMILES string of the molecule is COCCNc1ccc(C(=N)ON)cc1. The summed E-state index contributed by atoms with van der Waals surface area (Å²) in [5.74, 6) is 4.84. The van der Waals surface area contributed by atoms with Crippen molar-refractivity contribution in [3.05, 3.63) is 29.8 Å². The summed E-state index contributed by atoms with van der Waals surface area (Å²) in [6.45, 7) is 1.41. The Morgan fingerprint density at radius 1 is 1.40 bits per heavy atom. The van der Waals surface area contributed by atoms with Gasteiger partial charge in [-0.05, 0) is 24.3 Å². The molecular formula is C10H15N3O2. The normalized spacial score (nSPS) is 9.73. The number of hydrogen-bond acceptors (Lipinski definition) is 5. The Bertz CT molecular complexity index is 311. The van der Waals surface area contributed by atoms with Gasteiger partial charge in [-0.25, -0.2) is 0 Å². The first-order chi connectivity index (χ1) is 7.27. The molecule has 82 valence electrons. The number of benzene rings is 1.